The van der Waals surface area contributed by atoms with Crippen LogP contribution in [0.15, 0.2) is 60.8 Å². The highest BCUT2D eigenvalue weighted by molar-refractivity contribution is 6.72. The van der Waals surface area contributed by atoms with Crippen LogP contribution in [-0.2, 0) is 34.6 Å². The van der Waals surface area contributed by atoms with Gasteiger partial charge in [-0.3, -0.25) is 9.48 Å². The van der Waals surface area contributed by atoms with Gasteiger partial charge in [0.05, 0.1) is 24.0 Å². The zero-order chi connectivity index (χ0) is 25.5. The van der Waals surface area contributed by atoms with Crippen molar-refractivity contribution in [2.24, 2.45) is 5.92 Å². The molecule has 5 rings (SSSR count). The molecule has 1 saturated heterocycles. The van der Waals surface area contributed by atoms with Gasteiger partial charge in [-0.05, 0) is 31.1 Å². The van der Waals surface area contributed by atoms with E-state index in [1.54, 1.807) is 28.9 Å². The van der Waals surface area contributed by atoms with Crippen molar-refractivity contribution < 1.29 is 18.7 Å². The number of ether oxygens (including phenoxy) is 1. The number of halogens is 1. The zero-order valence-corrected chi connectivity index (χ0v) is 22.0. The third kappa shape index (κ3) is 4.19. The summed E-state index contributed by atoms with van der Waals surface area (Å²) in [4.78, 5) is 16.0. The first kappa shape index (κ1) is 24.8. The maximum absolute atomic E-state index is 15.9. The molecule has 4 atom stereocenters. The Labute approximate surface area is 212 Å². The second-order valence-electron chi connectivity index (χ2n) is 10.4. The molecule has 3 aromatic rings. The van der Waals surface area contributed by atoms with Gasteiger partial charge in [0.1, 0.15) is 0 Å². The fraction of sp³-hybridized carbons (Fsp3) is 0.444. The minimum atomic E-state index is -3.21. The number of rotatable bonds is 8. The number of carbonyl (C=O) groups excluding carboxylic acids is 1. The lowest BCUT2D eigenvalue weighted by molar-refractivity contribution is -0.146. The number of nitrogens with zero attached hydrogens (tertiary/aromatic N) is 4. The third-order valence-electron chi connectivity index (χ3n) is 7.65. The van der Waals surface area contributed by atoms with Gasteiger partial charge in [-0.25, -0.2) is 0 Å². The summed E-state index contributed by atoms with van der Waals surface area (Å²) >= 11 is 0. The molecule has 1 spiro atoms. The van der Waals surface area contributed by atoms with Crippen molar-refractivity contribution in [2.45, 2.75) is 63.2 Å². The van der Waals surface area contributed by atoms with Crippen LogP contribution < -0.4 is 4.90 Å². The van der Waals surface area contributed by atoms with Crippen molar-refractivity contribution >= 4 is 20.0 Å². The lowest BCUT2D eigenvalue weighted by atomic mass is 9.82. The van der Waals surface area contributed by atoms with Gasteiger partial charge in [0.15, 0.2) is 5.60 Å². The number of aliphatic hydroxyl groups is 1. The van der Waals surface area contributed by atoms with Crippen molar-refractivity contribution in [3.63, 3.8) is 0 Å². The second-order valence-corrected chi connectivity index (χ2v) is 14.2. The van der Waals surface area contributed by atoms with E-state index in [9.17, 15) is 4.79 Å². The summed E-state index contributed by atoms with van der Waals surface area (Å²) in [6.07, 6.45) is 2.34. The Morgan fingerprint density at radius 3 is 2.58 bits per heavy atom. The summed E-state index contributed by atoms with van der Waals surface area (Å²) in [7, 11) is -3.21. The van der Waals surface area contributed by atoms with Crippen LogP contribution in [0, 0.1) is 5.92 Å². The molecule has 0 saturated carbocycles. The summed E-state index contributed by atoms with van der Waals surface area (Å²) in [5.74, 6) is -0.430. The summed E-state index contributed by atoms with van der Waals surface area (Å²) < 4.78 is 24.3. The number of hydrogen-bond donors (Lipinski definition) is 1. The summed E-state index contributed by atoms with van der Waals surface area (Å²) in [5, 5.41) is 17.4. The molecule has 1 aromatic heterocycles. The largest absolute Gasteiger partial charge is 0.396 e. The maximum Gasteiger partial charge on any atom is 0.264 e. The number of amides is 1. The first-order chi connectivity index (χ1) is 17.3. The molecule has 2 aliphatic rings. The van der Waals surface area contributed by atoms with Crippen molar-refractivity contribution in [3.8, 4) is 0 Å². The Morgan fingerprint density at radius 1 is 1.14 bits per heavy atom. The molecule has 3 heterocycles. The van der Waals surface area contributed by atoms with Gasteiger partial charge in [-0.15, -0.1) is 5.10 Å². The van der Waals surface area contributed by atoms with Crippen LogP contribution in [0.1, 0.15) is 30.2 Å². The van der Waals surface area contributed by atoms with Gasteiger partial charge in [0.2, 0.25) is 8.41 Å². The van der Waals surface area contributed by atoms with Crippen molar-refractivity contribution in [3.05, 3.63) is 77.6 Å². The van der Waals surface area contributed by atoms with Crippen molar-refractivity contribution in [1.82, 2.24) is 15.0 Å². The number of carbonyl (C=O) groups is 1. The van der Waals surface area contributed by atoms with Crippen LogP contribution in [0.3, 0.4) is 0 Å². The standard InChI is InChI=1S/C27H33FN4O3Si/c1-19-25(36(2,3)28)24(13-15-31-18-21(14-16-33)29-30-31)35-27(19)22-11-7-8-12-23(22)32(26(27)34)17-20-9-5-4-6-10-20/h4-12,18-19,24-25,33H,13-17H2,1-3H3/t19-,24+,25-,27+/m0/s1. The van der Waals surface area contributed by atoms with Gasteiger partial charge in [-0.1, -0.05) is 60.7 Å². The van der Waals surface area contributed by atoms with Crippen LogP contribution in [-0.4, -0.2) is 47.1 Å². The molecule has 2 aromatic carbocycles. The van der Waals surface area contributed by atoms with Crippen LogP contribution in [0.5, 0.6) is 0 Å². The van der Waals surface area contributed by atoms with Crippen LogP contribution in [0.2, 0.25) is 18.6 Å². The highest BCUT2D eigenvalue weighted by Crippen LogP contribution is 2.60. The minimum Gasteiger partial charge on any atom is -0.396 e. The van der Waals surface area contributed by atoms with Crippen LogP contribution in [0.25, 0.3) is 0 Å². The fourth-order valence-electron chi connectivity index (χ4n) is 6.13. The Morgan fingerprint density at radius 2 is 1.86 bits per heavy atom. The van der Waals surface area contributed by atoms with E-state index in [4.69, 9.17) is 9.84 Å². The number of hydrogen-bond acceptors (Lipinski definition) is 5. The average molecular weight is 509 g/mol. The SMILES string of the molecule is C[C@H]1[C@H]([Si](C)(C)F)[C@@H](CCn2cc(CCO)nn2)O[C@]12C(=O)N(Cc1ccccc1)c1ccccc12. The molecule has 190 valence electrons. The lowest BCUT2D eigenvalue weighted by Gasteiger charge is -2.31. The number of fused-ring (bicyclic) bond motifs is 2. The van der Waals surface area contributed by atoms with Crippen molar-refractivity contribution in [2.75, 3.05) is 11.5 Å². The molecule has 2 aliphatic heterocycles. The van der Waals surface area contributed by atoms with E-state index in [-0.39, 0.29) is 24.0 Å². The van der Waals surface area contributed by atoms with E-state index in [0.29, 0.717) is 31.6 Å². The summed E-state index contributed by atoms with van der Waals surface area (Å²) in [6.45, 7) is 6.35. The van der Waals surface area contributed by atoms with Crippen molar-refractivity contribution in [1.29, 1.82) is 0 Å². The number of aryl methyl sites for hydroxylation is 1. The number of aromatic nitrogens is 3. The maximum atomic E-state index is 15.9. The fourth-order valence-corrected chi connectivity index (χ4v) is 8.67. The predicted octanol–water partition coefficient (Wildman–Crippen LogP) is 4.23. The van der Waals surface area contributed by atoms with Gasteiger partial charge in [0, 0.05) is 42.8 Å². The molecule has 1 fully saturated rings. The Bertz CT molecular complexity index is 1230. The average Bonchev–Trinajstić information content (AvgIpc) is 3.49. The van der Waals surface area contributed by atoms with E-state index in [0.717, 1.165) is 16.8 Å². The van der Waals surface area contributed by atoms with E-state index in [1.165, 1.54) is 0 Å². The normalized spacial score (nSPS) is 25.6. The second kappa shape index (κ2) is 9.53. The van der Waals surface area contributed by atoms with E-state index < -0.39 is 20.1 Å². The minimum absolute atomic E-state index is 0.00911. The van der Waals surface area contributed by atoms with Gasteiger partial charge < -0.3 is 18.9 Å². The number of aliphatic hydroxyl groups excluding tert-OH is 1. The van der Waals surface area contributed by atoms with E-state index in [1.807, 2.05) is 61.5 Å². The Hall–Kier alpha value is -2.88. The molecule has 7 nitrogen and oxygen atoms in total. The molecule has 1 amide bonds. The summed E-state index contributed by atoms with van der Waals surface area (Å²) in [6, 6.07) is 17.7. The highest BCUT2D eigenvalue weighted by Gasteiger charge is 2.66. The molecule has 0 unspecified atom stereocenters. The monoisotopic (exact) mass is 508 g/mol. The number of anilines is 1. The zero-order valence-electron chi connectivity index (χ0n) is 21.0. The van der Waals surface area contributed by atoms with Gasteiger partial charge >= 0.3 is 0 Å². The molecule has 36 heavy (non-hydrogen) atoms. The Kier molecular flexibility index (Phi) is 6.57. The predicted molar refractivity (Wildman–Crippen MR) is 138 cm³/mol. The molecule has 0 aliphatic carbocycles. The molecule has 1 N–H and O–H groups in total. The summed E-state index contributed by atoms with van der Waals surface area (Å²) in [5.41, 5.74) is 1.84. The van der Waals surface area contributed by atoms with E-state index in [2.05, 4.69) is 10.3 Å². The van der Waals surface area contributed by atoms with Crippen LogP contribution >= 0.6 is 0 Å². The van der Waals surface area contributed by atoms with Crippen LogP contribution in [0.4, 0.5) is 9.80 Å². The van der Waals surface area contributed by atoms with Gasteiger partial charge in [-0.2, -0.15) is 0 Å². The molecular weight excluding hydrogens is 475 g/mol. The molecule has 9 heteroatoms. The topological polar surface area (TPSA) is 80.5 Å². The first-order valence-corrected chi connectivity index (χ1v) is 15.5. The molecule has 0 radical (unpaired) electrons. The van der Waals surface area contributed by atoms with Gasteiger partial charge in [0.25, 0.3) is 5.91 Å². The Balaban J connectivity index is 1.48. The molecular formula is C27H33FN4O3Si. The first-order valence-electron chi connectivity index (χ1n) is 12.6. The number of para-hydroxylation sites is 1. The van der Waals surface area contributed by atoms with E-state index >= 15 is 4.11 Å². The third-order valence-corrected chi connectivity index (χ3v) is 10.1. The lowest BCUT2D eigenvalue weighted by Crippen LogP contribution is -2.45. The molecule has 0 bridgehead atoms. The quantitative estimate of drug-likeness (QED) is 0.364. The smallest absolute Gasteiger partial charge is 0.264 e. The highest BCUT2D eigenvalue weighted by atomic mass is 28.4. The number of benzene rings is 2.